The van der Waals surface area contributed by atoms with Crippen LogP contribution in [0.1, 0.15) is 16.7 Å². The van der Waals surface area contributed by atoms with E-state index in [1.807, 2.05) is 13.8 Å². The normalized spacial score (nSPS) is 14.9. The maximum atomic E-state index is 13.0. The van der Waals surface area contributed by atoms with E-state index in [0.717, 1.165) is 16.0 Å². The highest BCUT2D eigenvalue weighted by Gasteiger charge is 2.36. The van der Waals surface area contributed by atoms with Crippen LogP contribution >= 0.6 is 0 Å². The molecule has 0 spiro atoms. The van der Waals surface area contributed by atoms with Crippen LogP contribution in [0.3, 0.4) is 0 Å². The van der Waals surface area contributed by atoms with Crippen molar-refractivity contribution in [3.63, 3.8) is 0 Å². The second kappa shape index (κ2) is 9.34. The number of carbonyl (C=O) groups is 4. The first-order chi connectivity index (χ1) is 15.2. The van der Waals surface area contributed by atoms with Crippen molar-refractivity contribution in [2.45, 2.75) is 13.8 Å². The molecule has 0 radical (unpaired) electrons. The number of hydrogen-bond acceptors (Lipinski definition) is 7. The Morgan fingerprint density at radius 1 is 1.00 bits per heavy atom. The lowest BCUT2D eigenvalue weighted by Gasteiger charge is -2.26. The minimum absolute atomic E-state index is 0.215. The summed E-state index contributed by atoms with van der Waals surface area (Å²) in [5.74, 6) is -1.53. The van der Waals surface area contributed by atoms with Crippen LogP contribution in [0.25, 0.3) is 6.08 Å². The molecule has 0 aromatic heterocycles. The molecule has 166 valence electrons. The molecule has 3 rings (SSSR count). The van der Waals surface area contributed by atoms with E-state index in [4.69, 9.17) is 9.47 Å². The maximum Gasteiger partial charge on any atom is 0.343 e. The Morgan fingerprint density at radius 2 is 1.75 bits per heavy atom. The van der Waals surface area contributed by atoms with E-state index < -0.39 is 23.8 Å². The van der Waals surface area contributed by atoms with Crippen molar-refractivity contribution in [2.75, 3.05) is 25.7 Å². The number of carbonyl (C=O) groups excluding carboxylic acids is 4. The van der Waals surface area contributed by atoms with Gasteiger partial charge in [0.25, 0.3) is 11.8 Å². The molecule has 0 bridgehead atoms. The van der Waals surface area contributed by atoms with Crippen molar-refractivity contribution in [1.82, 2.24) is 5.32 Å². The van der Waals surface area contributed by atoms with E-state index in [-0.39, 0.29) is 23.7 Å². The number of imide groups is 2. The van der Waals surface area contributed by atoms with Gasteiger partial charge in [-0.25, -0.2) is 14.5 Å². The Bertz CT molecular complexity index is 1140. The number of nitrogens with one attached hydrogen (secondary N) is 1. The van der Waals surface area contributed by atoms with Gasteiger partial charge in [0, 0.05) is 0 Å². The fourth-order valence-corrected chi connectivity index (χ4v) is 3.01. The highest BCUT2D eigenvalue weighted by molar-refractivity contribution is 6.39. The molecule has 1 N–H and O–H groups in total. The molecule has 1 saturated heterocycles. The standard InChI is InChI=1S/C23H22N2O7/c1-13-5-7-16(9-14(13)2)25-22(28)17(21(27)24-23(25)29)10-15-6-8-18(19(11-15)30-3)32-12-20(26)31-4/h5-11H,12H2,1-4H3,(H,24,27,29)/b17-10+. The second-order valence-corrected chi connectivity index (χ2v) is 7.00. The molecule has 1 aliphatic rings. The van der Waals surface area contributed by atoms with Crippen LogP contribution < -0.4 is 19.7 Å². The zero-order valence-electron chi connectivity index (χ0n) is 18.1. The van der Waals surface area contributed by atoms with Crippen molar-refractivity contribution in [2.24, 2.45) is 0 Å². The highest BCUT2D eigenvalue weighted by atomic mass is 16.6. The lowest BCUT2D eigenvalue weighted by atomic mass is 10.0. The van der Waals surface area contributed by atoms with Crippen LogP contribution in [0.2, 0.25) is 0 Å². The number of hydrogen-bond donors (Lipinski definition) is 1. The van der Waals surface area contributed by atoms with Gasteiger partial charge in [-0.15, -0.1) is 0 Å². The monoisotopic (exact) mass is 438 g/mol. The molecule has 32 heavy (non-hydrogen) atoms. The molecule has 0 atom stereocenters. The number of benzene rings is 2. The number of ether oxygens (including phenoxy) is 3. The van der Waals surface area contributed by atoms with E-state index >= 15 is 0 Å². The largest absolute Gasteiger partial charge is 0.493 e. The Labute approximate surface area is 184 Å². The Kier molecular flexibility index (Phi) is 6.58. The number of esters is 1. The number of rotatable bonds is 6. The number of nitrogens with zero attached hydrogens (tertiary/aromatic N) is 1. The summed E-state index contributed by atoms with van der Waals surface area (Å²) >= 11 is 0. The van der Waals surface area contributed by atoms with Gasteiger partial charge in [-0.3, -0.25) is 14.9 Å². The molecule has 9 heteroatoms. The van der Waals surface area contributed by atoms with Crippen LogP contribution in [-0.2, 0) is 19.1 Å². The molecule has 1 aliphatic heterocycles. The quantitative estimate of drug-likeness (QED) is 0.419. The number of methoxy groups -OCH3 is 2. The van der Waals surface area contributed by atoms with Crippen molar-refractivity contribution in [3.05, 3.63) is 58.7 Å². The van der Waals surface area contributed by atoms with Gasteiger partial charge in [0.2, 0.25) is 0 Å². The Morgan fingerprint density at radius 3 is 2.41 bits per heavy atom. The van der Waals surface area contributed by atoms with Crippen LogP contribution in [0, 0.1) is 13.8 Å². The summed E-state index contributed by atoms with van der Waals surface area (Å²) in [7, 11) is 2.66. The number of aryl methyl sites for hydroxylation is 2. The maximum absolute atomic E-state index is 13.0. The predicted octanol–water partition coefficient (Wildman–Crippen LogP) is 2.53. The van der Waals surface area contributed by atoms with E-state index in [2.05, 4.69) is 10.1 Å². The minimum atomic E-state index is -0.815. The molecular formula is C23H22N2O7. The van der Waals surface area contributed by atoms with E-state index in [1.165, 1.54) is 32.4 Å². The lowest BCUT2D eigenvalue weighted by Crippen LogP contribution is -2.54. The smallest absolute Gasteiger partial charge is 0.343 e. The van der Waals surface area contributed by atoms with Crippen LogP contribution in [-0.4, -0.2) is 44.6 Å². The van der Waals surface area contributed by atoms with Gasteiger partial charge in [0.05, 0.1) is 19.9 Å². The Balaban J connectivity index is 1.93. The van der Waals surface area contributed by atoms with Gasteiger partial charge in [0.15, 0.2) is 18.1 Å². The van der Waals surface area contributed by atoms with E-state index in [9.17, 15) is 19.2 Å². The zero-order valence-corrected chi connectivity index (χ0v) is 18.1. The summed E-state index contributed by atoms with van der Waals surface area (Å²) in [5, 5.41) is 2.19. The molecule has 2 aromatic rings. The summed E-state index contributed by atoms with van der Waals surface area (Å²) < 4.78 is 15.2. The SMILES string of the molecule is COC(=O)COc1ccc(/C=C2\C(=O)NC(=O)N(c3ccc(C)c(C)c3)C2=O)cc1OC. The second-order valence-electron chi connectivity index (χ2n) is 7.00. The third-order valence-corrected chi connectivity index (χ3v) is 4.92. The van der Waals surface area contributed by atoms with Gasteiger partial charge in [-0.05, 0) is 60.9 Å². The fraction of sp³-hybridized carbons (Fsp3) is 0.217. The predicted molar refractivity (Wildman–Crippen MR) is 115 cm³/mol. The summed E-state index contributed by atoms with van der Waals surface area (Å²) in [6.07, 6.45) is 1.35. The minimum Gasteiger partial charge on any atom is -0.493 e. The zero-order chi connectivity index (χ0) is 23.4. The molecule has 0 aliphatic carbocycles. The number of barbiturate groups is 1. The van der Waals surface area contributed by atoms with Gasteiger partial charge < -0.3 is 14.2 Å². The first-order valence-corrected chi connectivity index (χ1v) is 9.61. The molecule has 0 unspecified atom stereocenters. The number of amides is 4. The third kappa shape index (κ3) is 4.61. The van der Waals surface area contributed by atoms with Crippen LogP contribution in [0.4, 0.5) is 10.5 Å². The number of anilines is 1. The van der Waals surface area contributed by atoms with Gasteiger partial charge >= 0.3 is 12.0 Å². The Hall–Kier alpha value is -4.14. The molecule has 9 nitrogen and oxygen atoms in total. The highest BCUT2D eigenvalue weighted by Crippen LogP contribution is 2.30. The first-order valence-electron chi connectivity index (χ1n) is 9.61. The first kappa shape index (κ1) is 22.5. The third-order valence-electron chi connectivity index (χ3n) is 4.92. The van der Waals surface area contributed by atoms with E-state index in [0.29, 0.717) is 11.3 Å². The summed E-state index contributed by atoms with van der Waals surface area (Å²) in [5.41, 5.74) is 2.51. The molecule has 1 heterocycles. The lowest BCUT2D eigenvalue weighted by molar-refractivity contribution is -0.143. The van der Waals surface area contributed by atoms with Crippen molar-refractivity contribution >= 4 is 35.6 Å². The molecular weight excluding hydrogens is 416 g/mol. The summed E-state index contributed by atoms with van der Waals surface area (Å²) in [6, 6.07) is 8.98. The van der Waals surface area contributed by atoms with Gasteiger partial charge in [0.1, 0.15) is 5.57 Å². The van der Waals surface area contributed by atoms with Crippen LogP contribution in [0.5, 0.6) is 11.5 Å². The number of urea groups is 1. The topological polar surface area (TPSA) is 111 Å². The van der Waals surface area contributed by atoms with Crippen molar-refractivity contribution in [3.8, 4) is 11.5 Å². The fourth-order valence-electron chi connectivity index (χ4n) is 3.01. The molecule has 4 amide bonds. The van der Waals surface area contributed by atoms with Gasteiger partial charge in [-0.1, -0.05) is 12.1 Å². The molecule has 1 fully saturated rings. The summed E-state index contributed by atoms with van der Waals surface area (Å²) in [4.78, 5) is 50.0. The average molecular weight is 438 g/mol. The summed E-state index contributed by atoms with van der Waals surface area (Å²) in [6.45, 7) is 3.47. The van der Waals surface area contributed by atoms with Gasteiger partial charge in [-0.2, -0.15) is 0 Å². The van der Waals surface area contributed by atoms with Crippen molar-refractivity contribution in [1.29, 1.82) is 0 Å². The molecule has 2 aromatic carbocycles. The molecule has 0 saturated carbocycles. The average Bonchev–Trinajstić information content (AvgIpc) is 2.77. The van der Waals surface area contributed by atoms with Crippen LogP contribution in [0.15, 0.2) is 42.0 Å². The van der Waals surface area contributed by atoms with E-state index in [1.54, 1.807) is 24.3 Å². The van der Waals surface area contributed by atoms with Crippen molar-refractivity contribution < 1.29 is 33.4 Å².